The Labute approximate surface area is 362 Å². The Bertz CT molecular complexity index is 2380. The Kier molecular flexibility index (Phi) is 10.7. The van der Waals surface area contributed by atoms with Crippen molar-refractivity contribution in [3.63, 3.8) is 0 Å². The van der Waals surface area contributed by atoms with E-state index in [1.807, 2.05) is 36.4 Å². The second-order valence-corrected chi connectivity index (χ2v) is 18.6. The van der Waals surface area contributed by atoms with Crippen molar-refractivity contribution in [2.24, 2.45) is 0 Å². The number of rotatable bonds is 10. The molecule has 4 aliphatic carbocycles. The molecule has 0 aliphatic heterocycles. The molecule has 0 amide bonds. The summed E-state index contributed by atoms with van der Waals surface area (Å²) >= 11 is 0. The van der Waals surface area contributed by atoms with E-state index in [4.69, 9.17) is 9.47 Å². The van der Waals surface area contributed by atoms with Crippen molar-refractivity contribution in [1.29, 1.82) is 0 Å². The fourth-order valence-electron chi connectivity index (χ4n) is 11.6. The number of aryl methyl sites for hydroxylation is 2. The SMILES string of the molecule is Cc1cc(-c2ccccc2O[C@@H](C)C[C@H](C)Oc2ccccc2-c2cc(C)cc(-n3c4c(c5c3CCCC5)CCCC4)c2O)c(O)c(-n2c3c(c4c2CCCC4)CCCC3)c1. The van der Waals surface area contributed by atoms with Gasteiger partial charge >= 0.3 is 0 Å². The highest BCUT2D eigenvalue weighted by molar-refractivity contribution is 5.81. The van der Waals surface area contributed by atoms with Crippen LogP contribution in [0.5, 0.6) is 23.0 Å². The van der Waals surface area contributed by atoms with Crippen LogP contribution < -0.4 is 9.47 Å². The molecule has 2 heterocycles. The highest BCUT2D eigenvalue weighted by Gasteiger charge is 2.31. The minimum absolute atomic E-state index is 0.178. The minimum Gasteiger partial charge on any atom is -0.505 e. The van der Waals surface area contributed by atoms with Crippen LogP contribution in [0.4, 0.5) is 0 Å². The van der Waals surface area contributed by atoms with Crippen LogP contribution in [0.25, 0.3) is 33.6 Å². The average Bonchev–Trinajstić information content (AvgIpc) is 3.78. The van der Waals surface area contributed by atoms with Crippen LogP contribution in [-0.2, 0) is 51.4 Å². The number of ether oxygens (including phenoxy) is 2. The van der Waals surface area contributed by atoms with Crippen LogP contribution in [0, 0.1) is 13.8 Å². The number of fused-ring (bicyclic) bond motifs is 6. The van der Waals surface area contributed by atoms with Crippen LogP contribution in [0.1, 0.15) is 128 Å². The molecule has 0 bridgehead atoms. The number of benzene rings is 4. The average molecular weight is 815 g/mol. The molecule has 4 aromatic carbocycles. The maximum atomic E-state index is 12.2. The van der Waals surface area contributed by atoms with Gasteiger partial charge in [-0.3, -0.25) is 0 Å². The van der Waals surface area contributed by atoms with Gasteiger partial charge in [-0.2, -0.15) is 0 Å². The number of hydrogen-bond donors (Lipinski definition) is 2. The molecule has 2 N–H and O–H groups in total. The molecule has 4 aliphatic rings. The Morgan fingerprint density at radius 1 is 0.459 bits per heavy atom. The van der Waals surface area contributed by atoms with Crippen molar-refractivity contribution in [3.05, 3.63) is 129 Å². The maximum absolute atomic E-state index is 12.2. The topological polar surface area (TPSA) is 68.8 Å². The monoisotopic (exact) mass is 814 g/mol. The first-order chi connectivity index (χ1) is 29.7. The van der Waals surface area contributed by atoms with E-state index in [1.165, 1.54) is 74.1 Å². The van der Waals surface area contributed by atoms with Crippen molar-refractivity contribution < 1.29 is 19.7 Å². The largest absolute Gasteiger partial charge is 0.505 e. The van der Waals surface area contributed by atoms with Gasteiger partial charge in [0.1, 0.15) is 23.0 Å². The van der Waals surface area contributed by atoms with E-state index in [0.717, 1.165) is 108 Å². The molecule has 61 heavy (non-hydrogen) atoms. The molecular formula is C55H62N2O4. The summed E-state index contributed by atoms with van der Waals surface area (Å²) in [4.78, 5) is 0. The summed E-state index contributed by atoms with van der Waals surface area (Å²) in [5, 5.41) is 24.5. The van der Waals surface area contributed by atoms with Crippen LogP contribution >= 0.6 is 0 Å². The van der Waals surface area contributed by atoms with Gasteiger partial charge in [0.05, 0.1) is 23.6 Å². The fraction of sp³-hybridized carbons (Fsp3) is 0.418. The Morgan fingerprint density at radius 3 is 1.15 bits per heavy atom. The van der Waals surface area contributed by atoms with Crippen molar-refractivity contribution >= 4 is 0 Å². The van der Waals surface area contributed by atoms with Crippen LogP contribution in [-0.4, -0.2) is 31.6 Å². The zero-order valence-corrected chi connectivity index (χ0v) is 36.7. The standard InChI is InChI=1S/C55H62N2O4/c1-34-29-44(54(58)50(31-34)56-46-23-11-5-17-38(46)39-18-6-12-24-47(39)56)42-21-9-15-27-52(42)60-36(3)33-37(4)61-53-28-16-10-22-43(53)45-30-35(2)32-51(55(45)59)57-48-25-13-7-19-40(48)41-20-8-14-26-49(41)57/h9-10,15-16,21-22,27-32,36-37,58-59H,5-8,11-14,17-20,23-26,33H2,1-4H3/t36-,37-/m0/s1. The number of aromatic hydroxyl groups is 2. The molecule has 6 nitrogen and oxygen atoms in total. The van der Waals surface area contributed by atoms with Gasteiger partial charge in [-0.05, 0) is 200 Å². The smallest absolute Gasteiger partial charge is 0.147 e. The van der Waals surface area contributed by atoms with Crippen LogP contribution in [0.15, 0.2) is 72.8 Å². The van der Waals surface area contributed by atoms with E-state index < -0.39 is 0 Å². The van der Waals surface area contributed by atoms with Crippen LogP contribution in [0.3, 0.4) is 0 Å². The number of nitrogens with zero attached hydrogens (tertiary/aromatic N) is 2. The van der Waals surface area contributed by atoms with Gasteiger partial charge in [0.2, 0.25) is 0 Å². The van der Waals surface area contributed by atoms with Crippen LogP contribution in [0.2, 0.25) is 0 Å². The zero-order valence-electron chi connectivity index (χ0n) is 36.7. The second kappa shape index (κ2) is 16.5. The van der Waals surface area contributed by atoms with Gasteiger partial charge in [0, 0.05) is 51.5 Å². The first-order valence-electron chi connectivity index (χ1n) is 23.4. The third kappa shape index (κ3) is 7.24. The van der Waals surface area contributed by atoms with E-state index in [0.29, 0.717) is 17.9 Å². The van der Waals surface area contributed by atoms with E-state index >= 15 is 0 Å². The van der Waals surface area contributed by atoms with Gasteiger partial charge in [-0.1, -0.05) is 36.4 Å². The predicted octanol–water partition coefficient (Wildman–Crippen LogP) is 12.8. The normalized spacial score (nSPS) is 16.9. The minimum atomic E-state index is -0.178. The Hall–Kier alpha value is -5.36. The first-order valence-corrected chi connectivity index (χ1v) is 23.4. The predicted molar refractivity (Wildman–Crippen MR) is 247 cm³/mol. The Morgan fingerprint density at radius 2 is 0.787 bits per heavy atom. The van der Waals surface area contributed by atoms with Gasteiger partial charge in [-0.25, -0.2) is 0 Å². The number of aromatic nitrogens is 2. The Balaban J connectivity index is 0.912. The molecule has 0 saturated heterocycles. The highest BCUT2D eigenvalue weighted by atomic mass is 16.5. The summed E-state index contributed by atoms with van der Waals surface area (Å²) in [7, 11) is 0. The van der Waals surface area contributed by atoms with Crippen molar-refractivity contribution in [3.8, 4) is 56.6 Å². The summed E-state index contributed by atoms with van der Waals surface area (Å²) in [5.41, 5.74) is 19.3. The maximum Gasteiger partial charge on any atom is 0.147 e. The summed E-state index contributed by atoms with van der Waals surface area (Å²) in [5.74, 6) is 2.13. The van der Waals surface area contributed by atoms with Gasteiger partial charge in [-0.15, -0.1) is 0 Å². The molecule has 10 rings (SSSR count). The summed E-state index contributed by atoms with van der Waals surface area (Å²) in [6.07, 6.45) is 19.0. The second-order valence-electron chi connectivity index (χ2n) is 18.6. The molecule has 2 atom stereocenters. The molecule has 0 unspecified atom stereocenters. The summed E-state index contributed by atoms with van der Waals surface area (Å²) < 4.78 is 18.4. The van der Waals surface area contributed by atoms with Crippen molar-refractivity contribution in [2.45, 2.75) is 149 Å². The quantitative estimate of drug-likeness (QED) is 0.145. The summed E-state index contributed by atoms with van der Waals surface area (Å²) in [6, 6.07) is 24.8. The van der Waals surface area contributed by atoms with Crippen molar-refractivity contribution in [2.75, 3.05) is 0 Å². The lowest BCUT2D eigenvalue weighted by molar-refractivity contribution is 0.131. The zero-order chi connectivity index (χ0) is 41.8. The molecule has 6 aromatic rings. The van der Waals surface area contributed by atoms with E-state index in [1.54, 1.807) is 22.3 Å². The summed E-state index contributed by atoms with van der Waals surface area (Å²) in [6.45, 7) is 8.46. The molecule has 2 aromatic heterocycles. The van der Waals surface area contributed by atoms with Gasteiger partial charge < -0.3 is 28.8 Å². The molecule has 6 heteroatoms. The lowest BCUT2D eigenvalue weighted by Crippen LogP contribution is -2.23. The third-order valence-electron chi connectivity index (χ3n) is 14.2. The van der Waals surface area contributed by atoms with E-state index in [-0.39, 0.29) is 12.2 Å². The molecule has 0 radical (unpaired) electrons. The first kappa shape index (κ1) is 39.8. The molecule has 0 spiro atoms. The number of phenolic OH excluding ortho intramolecular Hbond substituents is 2. The highest BCUT2D eigenvalue weighted by Crippen LogP contribution is 2.46. The van der Waals surface area contributed by atoms with E-state index in [2.05, 4.69) is 73.2 Å². The van der Waals surface area contributed by atoms with Crippen molar-refractivity contribution in [1.82, 2.24) is 9.13 Å². The van der Waals surface area contributed by atoms with Gasteiger partial charge in [0.15, 0.2) is 0 Å². The molecule has 0 saturated carbocycles. The number of hydrogen-bond acceptors (Lipinski definition) is 4. The van der Waals surface area contributed by atoms with E-state index in [9.17, 15) is 10.2 Å². The lowest BCUT2D eigenvalue weighted by atomic mass is 9.89. The lowest BCUT2D eigenvalue weighted by Gasteiger charge is -2.24. The molecular weight excluding hydrogens is 753 g/mol. The molecule has 0 fully saturated rings. The number of phenols is 2. The van der Waals surface area contributed by atoms with Gasteiger partial charge in [0.25, 0.3) is 0 Å². The third-order valence-corrected chi connectivity index (χ3v) is 14.2. The molecule has 316 valence electrons. The number of para-hydroxylation sites is 2. The fourth-order valence-corrected chi connectivity index (χ4v) is 11.6.